The Morgan fingerprint density at radius 2 is 2.21 bits per heavy atom. The van der Waals surface area contributed by atoms with Gasteiger partial charge in [0.05, 0.1) is 18.8 Å². The predicted octanol–water partition coefficient (Wildman–Crippen LogP) is 2.91. The highest BCUT2D eigenvalue weighted by Crippen LogP contribution is 2.34. The highest BCUT2D eigenvalue weighted by molar-refractivity contribution is 5.31. The summed E-state index contributed by atoms with van der Waals surface area (Å²) < 4.78 is 11.6. The van der Waals surface area contributed by atoms with Gasteiger partial charge in [0.15, 0.2) is 0 Å². The van der Waals surface area contributed by atoms with E-state index in [0.717, 1.165) is 18.8 Å². The van der Waals surface area contributed by atoms with Gasteiger partial charge < -0.3 is 14.8 Å². The third kappa shape index (κ3) is 3.10. The summed E-state index contributed by atoms with van der Waals surface area (Å²) in [5, 5.41) is 3.44. The summed E-state index contributed by atoms with van der Waals surface area (Å²) in [6.45, 7) is 3.00. The molecule has 1 aliphatic carbocycles. The molecular weight excluding hydrogens is 238 g/mol. The summed E-state index contributed by atoms with van der Waals surface area (Å²) >= 11 is 0. The first-order chi connectivity index (χ1) is 9.26. The van der Waals surface area contributed by atoms with Crippen LogP contribution in [0.5, 0.6) is 5.75 Å². The Hall–Kier alpha value is -1.06. The molecule has 1 aliphatic heterocycles. The van der Waals surface area contributed by atoms with Gasteiger partial charge in [-0.2, -0.15) is 0 Å². The van der Waals surface area contributed by atoms with Gasteiger partial charge in [-0.05, 0) is 50.9 Å². The second-order valence-electron chi connectivity index (χ2n) is 5.80. The predicted molar refractivity (Wildman–Crippen MR) is 75.4 cm³/mol. The second kappa shape index (κ2) is 5.51. The highest BCUT2D eigenvalue weighted by atomic mass is 16.5. The Morgan fingerprint density at radius 3 is 2.84 bits per heavy atom. The van der Waals surface area contributed by atoms with Crippen LogP contribution in [-0.2, 0) is 4.74 Å². The molecule has 3 heteroatoms. The van der Waals surface area contributed by atoms with Crippen molar-refractivity contribution < 1.29 is 9.47 Å². The molecule has 0 bridgehead atoms. The van der Waals surface area contributed by atoms with E-state index in [-0.39, 0.29) is 0 Å². The van der Waals surface area contributed by atoms with Gasteiger partial charge in [0.2, 0.25) is 0 Å². The van der Waals surface area contributed by atoms with Crippen molar-refractivity contribution in [1.82, 2.24) is 5.32 Å². The van der Waals surface area contributed by atoms with Crippen LogP contribution in [0, 0.1) is 5.92 Å². The Bertz CT molecular complexity index is 431. The van der Waals surface area contributed by atoms with Crippen LogP contribution < -0.4 is 10.1 Å². The first kappa shape index (κ1) is 12.9. The molecule has 3 rings (SSSR count). The van der Waals surface area contributed by atoms with E-state index in [1.807, 2.05) is 7.05 Å². The van der Waals surface area contributed by atoms with Crippen molar-refractivity contribution in [1.29, 1.82) is 0 Å². The van der Waals surface area contributed by atoms with Crippen LogP contribution in [0.1, 0.15) is 37.8 Å². The van der Waals surface area contributed by atoms with Crippen molar-refractivity contribution >= 4 is 0 Å². The van der Waals surface area contributed by atoms with E-state index >= 15 is 0 Å². The molecule has 3 unspecified atom stereocenters. The minimum Gasteiger partial charge on any atom is -0.490 e. The molecule has 3 atom stereocenters. The minimum atomic E-state index is 0.354. The van der Waals surface area contributed by atoms with E-state index in [9.17, 15) is 0 Å². The fourth-order valence-corrected chi connectivity index (χ4v) is 2.92. The van der Waals surface area contributed by atoms with Crippen molar-refractivity contribution in [3.05, 3.63) is 29.8 Å². The molecular formula is C16H23NO2. The molecule has 1 aromatic carbocycles. The summed E-state index contributed by atoms with van der Waals surface area (Å²) in [4.78, 5) is 0. The van der Waals surface area contributed by atoms with E-state index in [1.165, 1.54) is 18.4 Å². The lowest BCUT2D eigenvalue weighted by atomic mass is 9.91. The van der Waals surface area contributed by atoms with Gasteiger partial charge in [-0.1, -0.05) is 12.1 Å². The number of ether oxygens (including phenoxy) is 2. The zero-order valence-electron chi connectivity index (χ0n) is 11.8. The van der Waals surface area contributed by atoms with Gasteiger partial charge in [-0.15, -0.1) is 0 Å². The average Bonchev–Trinajstić information content (AvgIpc) is 3.12. The van der Waals surface area contributed by atoms with Crippen LogP contribution in [0.15, 0.2) is 24.3 Å². The molecule has 104 valence electrons. The zero-order chi connectivity index (χ0) is 13.2. The van der Waals surface area contributed by atoms with Gasteiger partial charge in [-0.25, -0.2) is 0 Å². The fraction of sp³-hybridized carbons (Fsp3) is 0.625. The molecule has 1 saturated heterocycles. The molecule has 0 aromatic heterocycles. The zero-order valence-corrected chi connectivity index (χ0v) is 11.8. The third-order valence-corrected chi connectivity index (χ3v) is 4.06. The summed E-state index contributed by atoms with van der Waals surface area (Å²) in [5.74, 6) is 1.56. The molecule has 0 amide bonds. The van der Waals surface area contributed by atoms with Gasteiger partial charge >= 0.3 is 0 Å². The molecule has 1 saturated carbocycles. The number of hydrogen-bond acceptors (Lipinski definition) is 3. The van der Waals surface area contributed by atoms with Gasteiger partial charge in [-0.3, -0.25) is 0 Å². The van der Waals surface area contributed by atoms with Crippen LogP contribution >= 0.6 is 0 Å². The Kier molecular flexibility index (Phi) is 3.76. The Balaban J connectivity index is 1.74. The number of hydrogen-bond donors (Lipinski definition) is 1. The third-order valence-electron chi connectivity index (χ3n) is 4.06. The molecule has 3 nitrogen and oxygen atoms in total. The lowest BCUT2D eigenvalue weighted by Crippen LogP contribution is -2.25. The summed E-state index contributed by atoms with van der Waals surface area (Å²) in [6.07, 6.45) is 4.37. The van der Waals surface area contributed by atoms with Crippen molar-refractivity contribution in [3.8, 4) is 5.75 Å². The molecule has 0 spiro atoms. The largest absolute Gasteiger partial charge is 0.490 e. The first-order valence-corrected chi connectivity index (χ1v) is 7.31. The summed E-state index contributed by atoms with van der Waals surface area (Å²) in [6, 6.07) is 8.87. The molecule has 1 N–H and O–H groups in total. The highest BCUT2D eigenvalue weighted by Gasteiger charge is 2.30. The van der Waals surface area contributed by atoms with Crippen molar-refractivity contribution in [3.63, 3.8) is 0 Å². The van der Waals surface area contributed by atoms with Gasteiger partial charge in [0.25, 0.3) is 0 Å². The quantitative estimate of drug-likeness (QED) is 0.884. The molecule has 1 heterocycles. The van der Waals surface area contributed by atoms with Crippen LogP contribution in [-0.4, -0.2) is 25.9 Å². The molecule has 2 fully saturated rings. The lowest BCUT2D eigenvalue weighted by Gasteiger charge is -2.23. The maximum absolute atomic E-state index is 5.89. The fourth-order valence-electron chi connectivity index (χ4n) is 2.92. The standard InChI is InChI=1S/C16H23NO2/c1-11-8-13(10-18-11)16(17-2)12-4-3-5-15(9-12)19-14-6-7-14/h3-5,9,11,13-14,16-17H,6-8,10H2,1-2H3. The maximum Gasteiger partial charge on any atom is 0.120 e. The van der Waals surface area contributed by atoms with E-state index in [1.54, 1.807) is 0 Å². The Labute approximate surface area is 115 Å². The van der Waals surface area contributed by atoms with E-state index in [2.05, 4.69) is 36.5 Å². The second-order valence-corrected chi connectivity index (χ2v) is 5.80. The van der Waals surface area contributed by atoms with Crippen LogP contribution in [0.2, 0.25) is 0 Å². The summed E-state index contributed by atoms with van der Waals surface area (Å²) in [5.41, 5.74) is 1.31. The normalized spacial score (nSPS) is 28.3. The maximum atomic E-state index is 5.89. The smallest absolute Gasteiger partial charge is 0.120 e. The molecule has 2 aliphatic rings. The first-order valence-electron chi connectivity index (χ1n) is 7.31. The molecule has 19 heavy (non-hydrogen) atoms. The van der Waals surface area contributed by atoms with Gasteiger partial charge in [0, 0.05) is 12.0 Å². The average molecular weight is 261 g/mol. The monoisotopic (exact) mass is 261 g/mol. The van der Waals surface area contributed by atoms with E-state index in [0.29, 0.717) is 24.2 Å². The lowest BCUT2D eigenvalue weighted by molar-refractivity contribution is 0.117. The SMILES string of the molecule is CNC(c1cccc(OC2CC2)c1)C1COC(C)C1. The summed E-state index contributed by atoms with van der Waals surface area (Å²) in [7, 11) is 2.03. The van der Waals surface area contributed by atoms with Crippen LogP contribution in [0.4, 0.5) is 0 Å². The minimum absolute atomic E-state index is 0.354. The van der Waals surface area contributed by atoms with Crippen molar-refractivity contribution in [2.24, 2.45) is 5.92 Å². The topological polar surface area (TPSA) is 30.5 Å². The van der Waals surface area contributed by atoms with Crippen LogP contribution in [0.25, 0.3) is 0 Å². The number of nitrogens with one attached hydrogen (secondary N) is 1. The van der Waals surface area contributed by atoms with Crippen molar-refractivity contribution in [2.75, 3.05) is 13.7 Å². The number of rotatable bonds is 5. The molecule has 0 radical (unpaired) electrons. The van der Waals surface area contributed by atoms with Crippen molar-refractivity contribution in [2.45, 2.75) is 44.4 Å². The van der Waals surface area contributed by atoms with Gasteiger partial charge in [0.1, 0.15) is 5.75 Å². The van der Waals surface area contributed by atoms with E-state index < -0.39 is 0 Å². The molecule has 1 aromatic rings. The Morgan fingerprint density at radius 1 is 1.37 bits per heavy atom. The number of benzene rings is 1. The van der Waals surface area contributed by atoms with E-state index in [4.69, 9.17) is 9.47 Å². The van der Waals surface area contributed by atoms with Crippen LogP contribution in [0.3, 0.4) is 0 Å².